The van der Waals surface area contributed by atoms with Gasteiger partial charge in [-0.25, -0.2) is 4.98 Å². The van der Waals surface area contributed by atoms with Gasteiger partial charge in [0, 0.05) is 18.7 Å². The normalized spacial score (nSPS) is 11.5. The SMILES string of the molecule is Cc1ncc(S(=O)(=O)Nc2cc(-c3ccccc3)nn2C)[nH]1. The summed E-state index contributed by atoms with van der Waals surface area (Å²) >= 11 is 0. The van der Waals surface area contributed by atoms with Gasteiger partial charge in [0.2, 0.25) is 0 Å². The molecule has 0 radical (unpaired) electrons. The largest absolute Gasteiger partial charge is 0.332 e. The van der Waals surface area contributed by atoms with Crippen molar-refractivity contribution in [1.29, 1.82) is 0 Å². The van der Waals surface area contributed by atoms with Gasteiger partial charge in [-0.2, -0.15) is 13.5 Å². The molecule has 0 atom stereocenters. The third kappa shape index (κ3) is 2.73. The van der Waals surface area contributed by atoms with Crippen molar-refractivity contribution in [3.63, 3.8) is 0 Å². The second-order valence-corrected chi connectivity index (χ2v) is 6.49. The van der Waals surface area contributed by atoms with Gasteiger partial charge in [0.15, 0.2) is 5.03 Å². The van der Waals surface area contributed by atoms with Crippen LogP contribution >= 0.6 is 0 Å². The number of hydrogen-bond acceptors (Lipinski definition) is 4. The molecule has 22 heavy (non-hydrogen) atoms. The number of anilines is 1. The lowest BCUT2D eigenvalue weighted by atomic mass is 10.2. The van der Waals surface area contributed by atoms with Crippen LogP contribution in [0.25, 0.3) is 11.3 Å². The van der Waals surface area contributed by atoms with Gasteiger partial charge < -0.3 is 4.98 Å². The minimum atomic E-state index is -3.71. The highest BCUT2D eigenvalue weighted by Gasteiger charge is 2.19. The monoisotopic (exact) mass is 317 g/mol. The first kappa shape index (κ1) is 14.3. The molecular weight excluding hydrogens is 302 g/mol. The predicted molar refractivity (Wildman–Crippen MR) is 82.8 cm³/mol. The fourth-order valence-electron chi connectivity index (χ4n) is 2.04. The molecule has 0 aliphatic carbocycles. The minimum Gasteiger partial charge on any atom is -0.332 e. The molecule has 0 amide bonds. The van der Waals surface area contributed by atoms with Crippen molar-refractivity contribution in [2.45, 2.75) is 11.9 Å². The van der Waals surface area contributed by atoms with Gasteiger partial charge in [-0.15, -0.1) is 0 Å². The number of nitrogens with zero attached hydrogens (tertiary/aromatic N) is 3. The quantitative estimate of drug-likeness (QED) is 0.769. The average Bonchev–Trinajstić information content (AvgIpc) is 3.07. The minimum absolute atomic E-state index is 0.0208. The van der Waals surface area contributed by atoms with Crippen molar-refractivity contribution < 1.29 is 8.42 Å². The summed E-state index contributed by atoms with van der Waals surface area (Å²) < 4.78 is 28.6. The Morgan fingerprint density at radius 2 is 1.95 bits per heavy atom. The lowest BCUT2D eigenvalue weighted by molar-refractivity contribution is 0.597. The van der Waals surface area contributed by atoms with Crippen LogP contribution in [0.5, 0.6) is 0 Å². The lowest BCUT2D eigenvalue weighted by Gasteiger charge is -2.05. The molecule has 0 unspecified atom stereocenters. The smallest absolute Gasteiger partial charge is 0.280 e. The number of benzene rings is 1. The second-order valence-electron chi connectivity index (χ2n) is 4.84. The van der Waals surface area contributed by atoms with Crippen molar-refractivity contribution in [1.82, 2.24) is 19.7 Å². The summed E-state index contributed by atoms with van der Waals surface area (Å²) in [4.78, 5) is 6.61. The van der Waals surface area contributed by atoms with Gasteiger partial charge in [0.1, 0.15) is 11.6 Å². The number of sulfonamides is 1. The fourth-order valence-corrected chi connectivity index (χ4v) is 3.09. The first-order valence-corrected chi connectivity index (χ1v) is 8.08. The van der Waals surface area contributed by atoms with E-state index in [-0.39, 0.29) is 5.03 Å². The van der Waals surface area contributed by atoms with E-state index in [9.17, 15) is 8.42 Å². The maximum atomic E-state index is 12.3. The van der Waals surface area contributed by atoms with E-state index < -0.39 is 10.0 Å². The second kappa shape index (κ2) is 5.30. The predicted octanol–water partition coefficient (Wildman–Crippen LogP) is 1.92. The number of rotatable bonds is 4. The molecular formula is C14H15N5O2S. The third-order valence-electron chi connectivity index (χ3n) is 3.16. The highest BCUT2D eigenvalue weighted by Crippen LogP contribution is 2.22. The standard InChI is InChI=1S/C14H15N5O2S/c1-10-15-9-14(16-10)22(20,21)18-13-8-12(17-19(13)2)11-6-4-3-5-7-11/h3-9,18H,1-2H3,(H,15,16). The van der Waals surface area contributed by atoms with E-state index in [2.05, 4.69) is 19.8 Å². The number of hydrogen-bond donors (Lipinski definition) is 2. The van der Waals surface area contributed by atoms with E-state index in [1.807, 2.05) is 30.3 Å². The van der Waals surface area contributed by atoms with Crippen molar-refractivity contribution in [3.8, 4) is 11.3 Å². The van der Waals surface area contributed by atoms with Crippen molar-refractivity contribution in [2.75, 3.05) is 4.72 Å². The van der Waals surface area contributed by atoms with E-state index >= 15 is 0 Å². The molecule has 0 fully saturated rings. The van der Waals surface area contributed by atoms with Crippen LogP contribution in [0.4, 0.5) is 5.82 Å². The molecule has 2 N–H and O–H groups in total. The number of nitrogens with one attached hydrogen (secondary N) is 2. The molecule has 0 saturated carbocycles. The number of aromatic amines is 1. The van der Waals surface area contributed by atoms with E-state index in [0.29, 0.717) is 17.3 Å². The maximum Gasteiger partial charge on any atom is 0.280 e. The molecule has 0 aliphatic heterocycles. The highest BCUT2D eigenvalue weighted by molar-refractivity contribution is 7.92. The highest BCUT2D eigenvalue weighted by atomic mass is 32.2. The van der Waals surface area contributed by atoms with Crippen LogP contribution in [0.1, 0.15) is 5.82 Å². The zero-order valence-electron chi connectivity index (χ0n) is 12.1. The topological polar surface area (TPSA) is 92.7 Å². The number of H-pyrrole nitrogens is 1. The molecule has 8 heteroatoms. The van der Waals surface area contributed by atoms with E-state index in [0.717, 1.165) is 5.56 Å². The van der Waals surface area contributed by atoms with Crippen LogP contribution in [0.2, 0.25) is 0 Å². The first-order chi connectivity index (χ1) is 10.5. The number of imidazole rings is 1. The summed E-state index contributed by atoms with van der Waals surface area (Å²) in [5.41, 5.74) is 1.61. The molecule has 7 nitrogen and oxygen atoms in total. The van der Waals surface area contributed by atoms with Crippen LogP contribution in [-0.4, -0.2) is 28.2 Å². The molecule has 0 saturated heterocycles. The Balaban J connectivity index is 1.92. The summed E-state index contributed by atoms with van der Waals surface area (Å²) in [7, 11) is -2.03. The molecule has 0 spiro atoms. The van der Waals surface area contributed by atoms with Gasteiger partial charge in [0.05, 0.1) is 11.9 Å². The Morgan fingerprint density at radius 3 is 2.59 bits per heavy atom. The molecule has 2 heterocycles. The number of aromatic nitrogens is 4. The summed E-state index contributed by atoms with van der Waals surface area (Å²) in [6.07, 6.45) is 1.28. The van der Waals surface area contributed by atoms with Crippen LogP contribution < -0.4 is 4.72 Å². The molecule has 3 rings (SSSR count). The Labute approximate surface area is 128 Å². The van der Waals surface area contributed by atoms with E-state index in [1.54, 1.807) is 20.0 Å². The Bertz CT molecular complexity index is 896. The average molecular weight is 317 g/mol. The molecule has 114 valence electrons. The Hall–Kier alpha value is -2.61. The Morgan fingerprint density at radius 1 is 1.23 bits per heavy atom. The van der Waals surface area contributed by atoms with Gasteiger partial charge in [-0.1, -0.05) is 30.3 Å². The maximum absolute atomic E-state index is 12.3. The third-order valence-corrected chi connectivity index (χ3v) is 4.42. The van der Waals surface area contributed by atoms with Crippen molar-refractivity contribution in [2.24, 2.45) is 7.05 Å². The molecule has 3 aromatic rings. The van der Waals surface area contributed by atoms with Gasteiger partial charge in [-0.05, 0) is 6.92 Å². The zero-order chi connectivity index (χ0) is 15.7. The van der Waals surface area contributed by atoms with E-state index in [4.69, 9.17) is 0 Å². The Kier molecular flexibility index (Phi) is 3.45. The van der Waals surface area contributed by atoms with E-state index in [1.165, 1.54) is 10.9 Å². The summed E-state index contributed by atoms with van der Waals surface area (Å²) in [5, 5.41) is 4.35. The van der Waals surface area contributed by atoms with Crippen LogP contribution in [0, 0.1) is 6.92 Å². The number of aryl methyl sites for hydroxylation is 2. The summed E-state index contributed by atoms with van der Waals surface area (Å²) in [5.74, 6) is 0.918. The lowest BCUT2D eigenvalue weighted by Crippen LogP contribution is -2.15. The summed E-state index contributed by atoms with van der Waals surface area (Å²) in [6.45, 7) is 1.69. The van der Waals surface area contributed by atoms with Gasteiger partial charge in [0.25, 0.3) is 10.0 Å². The van der Waals surface area contributed by atoms with Crippen LogP contribution in [0.15, 0.2) is 47.6 Å². The van der Waals surface area contributed by atoms with Gasteiger partial charge >= 0.3 is 0 Å². The molecule has 0 bridgehead atoms. The molecule has 0 aliphatic rings. The van der Waals surface area contributed by atoms with Crippen molar-refractivity contribution in [3.05, 3.63) is 48.4 Å². The zero-order valence-corrected chi connectivity index (χ0v) is 12.9. The van der Waals surface area contributed by atoms with Gasteiger partial charge in [-0.3, -0.25) is 9.40 Å². The van der Waals surface area contributed by atoms with Crippen molar-refractivity contribution >= 4 is 15.8 Å². The summed E-state index contributed by atoms with van der Waals surface area (Å²) in [6, 6.07) is 11.2. The van der Waals surface area contributed by atoms with Crippen LogP contribution in [-0.2, 0) is 17.1 Å². The molecule has 2 aromatic heterocycles. The van der Waals surface area contributed by atoms with Crippen LogP contribution in [0.3, 0.4) is 0 Å². The fraction of sp³-hybridized carbons (Fsp3) is 0.143. The molecule has 1 aromatic carbocycles. The first-order valence-electron chi connectivity index (χ1n) is 6.59.